The number of ether oxygens (including phenoxy) is 1. The van der Waals surface area contributed by atoms with Crippen molar-refractivity contribution in [1.29, 1.82) is 0 Å². The van der Waals surface area contributed by atoms with E-state index in [1.807, 2.05) is 12.1 Å². The average molecular weight is 191 g/mol. The van der Waals surface area contributed by atoms with Crippen LogP contribution < -0.4 is 10.5 Å². The zero-order valence-electron chi connectivity index (χ0n) is 8.73. The molecule has 3 unspecified atom stereocenters. The van der Waals surface area contributed by atoms with Crippen molar-refractivity contribution in [3.63, 3.8) is 0 Å². The second-order valence-electron chi connectivity index (χ2n) is 4.14. The zero-order valence-corrected chi connectivity index (χ0v) is 8.73. The molecule has 0 saturated heterocycles. The molecule has 2 rings (SSSR count). The van der Waals surface area contributed by atoms with E-state index in [1.54, 1.807) is 7.11 Å². The molecule has 1 fully saturated rings. The van der Waals surface area contributed by atoms with Crippen molar-refractivity contribution >= 4 is 0 Å². The summed E-state index contributed by atoms with van der Waals surface area (Å²) in [6.45, 7) is 2.23. The van der Waals surface area contributed by atoms with Gasteiger partial charge in [-0.3, -0.25) is 0 Å². The van der Waals surface area contributed by atoms with Crippen LogP contribution in [0.3, 0.4) is 0 Å². The fraction of sp³-hybridized carbons (Fsp3) is 0.500. The van der Waals surface area contributed by atoms with Gasteiger partial charge in [-0.1, -0.05) is 19.1 Å². The largest absolute Gasteiger partial charge is 0.497 e. The van der Waals surface area contributed by atoms with Crippen LogP contribution >= 0.6 is 0 Å². The number of rotatable bonds is 2. The van der Waals surface area contributed by atoms with E-state index in [2.05, 4.69) is 19.1 Å². The summed E-state index contributed by atoms with van der Waals surface area (Å²) in [6.07, 6.45) is 1.12. The first-order valence-corrected chi connectivity index (χ1v) is 5.12. The van der Waals surface area contributed by atoms with Crippen LogP contribution in [0.2, 0.25) is 0 Å². The van der Waals surface area contributed by atoms with E-state index in [0.29, 0.717) is 17.9 Å². The molecule has 1 aromatic rings. The number of methoxy groups -OCH3 is 1. The van der Waals surface area contributed by atoms with Gasteiger partial charge in [-0.2, -0.15) is 0 Å². The third-order valence-electron chi connectivity index (χ3n) is 3.38. The molecule has 1 aromatic carbocycles. The number of nitrogens with two attached hydrogens (primary N) is 1. The summed E-state index contributed by atoms with van der Waals surface area (Å²) in [6, 6.07) is 8.72. The zero-order chi connectivity index (χ0) is 10.1. The Morgan fingerprint density at radius 3 is 2.36 bits per heavy atom. The highest BCUT2D eigenvalue weighted by Gasteiger charge is 2.35. The molecule has 0 spiro atoms. The van der Waals surface area contributed by atoms with Gasteiger partial charge in [-0.25, -0.2) is 0 Å². The van der Waals surface area contributed by atoms with E-state index in [1.165, 1.54) is 5.56 Å². The Hall–Kier alpha value is -1.02. The summed E-state index contributed by atoms with van der Waals surface area (Å²) < 4.78 is 5.12. The van der Waals surface area contributed by atoms with Gasteiger partial charge in [0.2, 0.25) is 0 Å². The lowest BCUT2D eigenvalue weighted by atomic mass is 9.67. The predicted octanol–water partition coefficient (Wildman–Crippen LogP) is 2.15. The Morgan fingerprint density at radius 1 is 1.29 bits per heavy atom. The second kappa shape index (κ2) is 3.62. The minimum atomic E-state index is 0.391. The van der Waals surface area contributed by atoms with Crippen LogP contribution in [0.15, 0.2) is 24.3 Å². The Labute approximate surface area is 85.1 Å². The molecule has 1 aliphatic rings. The Morgan fingerprint density at radius 2 is 1.93 bits per heavy atom. The third-order valence-corrected chi connectivity index (χ3v) is 3.38. The molecule has 2 heteroatoms. The van der Waals surface area contributed by atoms with Crippen molar-refractivity contribution in [2.24, 2.45) is 11.7 Å². The van der Waals surface area contributed by atoms with Gasteiger partial charge in [0.05, 0.1) is 7.11 Å². The van der Waals surface area contributed by atoms with E-state index >= 15 is 0 Å². The molecule has 0 heterocycles. The van der Waals surface area contributed by atoms with Crippen molar-refractivity contribution in [3.8, 4) is 5.75 Å². The topological polar surface area (TPSA) is 35.2 Å². The van der Waals surface area contributed by atoms with Gasteiger partial charge in [0.25, 0.3) is 0 Å². The molecule has 76 valence electrons. The molecule has 3 atom stereocenters. The maximum atomic E-state index is 5.88. The minimum Gasteiger partial charge on any atom is -0.497 e. The van der Waals surface area contributed by atoms with E-state index in [9.17, 15) is 0 Å². The number of benzene rings is 1. The Kier molecular flexibility index (Phi) is 2.46. The molecule has 0 amide bonds. The number of hydrogen-bond donors (Lipinski definition) is 1. The maximum Gasteiger partial charge on any atom is 0.118 e. The minimum absolute atomic E-state index is 0.391. The van der Waals surface area contributed by atoms with Crippen LogP contribution in [0.1, 0.15) is 24.8 Å². The molecule has 0 bridgehead atoms. The average Bonchev–Trinajstić information content (AvgIpc) is 2.25. The standard InChI is InChI=1S/C12H17NO/c1-8-11(7-12(8)13)9-3-5-10(14-2)6-4-9/h3-6,8,11-12H,7,13H2,1-2H3. The maximum absolute atomic E-state index is 5.88. The summed E-state index contributed by atoms with van der Waals surface area (Å²) in [4.78, 5) is 0. The lowest BCUT2D eigenvalue weighted by Gasteiger charge is -2.40. The van der Waals surface area contributed by atoms with Gasteiger partial charge in [0.1, 0.15) is 5.75 Å². The highest BCUT2D eigenvalue weighted by atomic mass is 16.5. The van der Waals surface area contributed by atoms with Gasteiger partial charge in [-0.15, -0.1) is 0 Å². The summed E-state index contributed by atoms with van der Waals surface area (Å²) >= 11 is 0. The molecular weight excluding hydrogens is 174 g/mol. The highest BCUT2D eigenvalue weighted by molar-refractivity contribution is 5.31. The first-order valence-electron chi connectivity index (χ1n) is 5.12. The quantitative estimate of drug-likeness (QED) is 0.777. The van der Waals surface area contributed by atoms with Crippen LogP contribution in [0, 0.1) is 5.92 Å². The first kappa shape index (κ1) is 9.53. The smallest absolute Gasteiger partial charge is 0.118 e. The molecule has 0 aromatic heterocycles. The van der Waals surface area contributed by atoms with Crippen molar-refractivity contribution in [3.05, 3.63) is 29.8 Å². The molecule has 1 saturated carbocycles. The van der Waals surface area contributed by atoms with Gasteiger partial charge in [0, 0.05) is 6.04 Å². The highest BCUT2D eigenvalue weighted by Crippen LogP contribution is 2.41. The molecule has 0 aliphatic heterocycles. The van der Waals surface area contributed by atoms with E-state index in [4.69, 9.17) is 10.5 Å². The molecule has 1 aliphatic carbocycles. The van der Waals surface area contributed by atoms with Crippen molar-refractivity contribution in [2.75, 3.05) is 7.11 Å². The van der Waals surface area contributed by atoms with Gasteiger partial charge in [-0.05, 0) is 36.0 Å². The molecular formula is C12H17NO. The summed E-state index contributed by atoms with van der Waals surface area (Å²) in [7, 11) is 1.69. The fourth-order valence-corrected chi connectivity index (χ4v) is 2.12. The van der Waals surface area contributed by atoms with Crippen molar-refractivity contribution < 1.29 is 4.74 Å². The molecule has 2 nitrogen and oxygen atoms in total. The normalized spacial score (nSPS) is 30.9. The Bertz CT molecular complexity index is 307. The predicted molar refractivity (Wildman–Crippen MR) is 57.5 cm³/mol. The van der Waals surface area contributed by atoms with Crippen LogP contribution in [0.25, 0.3) is 0 Å². The van der Waals surface area contributed by atoms with E-state index in [0.717, 1.165) is 12.2 Å². The summed E-state index contributed by atoms with van der Waals surface area (Å²) in [5.74, 6) is 2.18. The second-order valence-corrected chi connectivity index (χ2v) is 4.14. The lowest BCUT2D eigenvalue weighted by Crippen LogP contribution is -2.44. The van der Waals surface area contributed by atoms with E-state index < -0.39 is 0 Å². The summed E-state index contributed by atoms with van der Waals surface area (Å²) in [5, 5.41) is 0. The molecule has 0 radical (unpaired) electrons. The summed E-state index contributed by atoms with van der Waals surface area (Å²) in [5.41, 5.74) is 7.27. The van der Waals surface area contributed by atoms with Crippen LogP contribution in [0.5, 0.6) is 5.75 Å². The molecule has 2 N–H and O–H groups in total. The van der Waals surface area contributed by atoms with Crippen molar-refractivity contribution in [2.45, 2.75) is 25.3 Å². The fourth-order valence-electron chi connectivity index (χ4n) is 2.12. The van der Waals surface area contributed by atoms with Gasteiger partial charge in [0.15, 0.2) is 0 Å². The van der Waals surface area contributed by atoms with Gasteiger partial charge < -0.3 is 10.5 Å². The van der Waals surface area contributed by atoms with Crippen LogP contribution in [-0.4, -0.2) is 13.2 Å². The lowest BCUT2D eigenvalue weighted by molar-refractivity contribution is 0.226. The van der Waals surface area contributed by atoms with Crippen LogP contribution in [0.4, 0.5) is 0 Å². The SMILES string of the molecule is COc1ccc(C2CC(N)C2C)cc1. The Balaban J connectivity index is 2.10. The van der Waals surface area contributed by atoms with E-state index in [-0.39, 0.29) is 0 Å². The number of hydrogen-bond acceptors (Lipinski definition) is 2. The van der Waals surface area contributed by atoms with Crippen molar-refractivity contribution in [1.82, 2.24) is 0 Å². The van der Waals surface area contributed by atoms with Crippen LogP contribution in [-0.2, 0) is 0 Å². The van der Waals surface area contributed by atoms with Gasteiger partial charge >= 0.3 is 0 Å². The first-order chi connectivity index (χ1) is 6.72. The third kappa shape index (κ3) is 1.50. The monoisotopic (exact) mass is 191 g/mol. The molecule has 14 heavy (non-hydrogen) atoms.